The second-order valence-electron chi connectivity index (χ2n) is 8.01. The van der Waals surface area contributed by atoms with Crippen LogP contribution >= 0.6 is 0 Å². The largest absolute Gasteiger partial charge is 0.420 e. The Hall–Kier alpha value is -3.06. The quantitative estimate of drug-likeness (QED) is 0.338. The van der Waals surface area contributed by atoms with Crippen molar-refractivity contribution >= 4 is 38.5 Å². The maximum atomic E-state index is 15.1. The highest BCUT2D eigenvalue weighted by molar-refractivity contribution is 7.86. The molecule has 1 fully saturated rings. The first kappa shape index (κ1) is 26.5. The van der Waals surface area contributed by atoms with E-state index in [1.54, 1.807) is 0 Å². The molecule has 0 saturated carbocycles. The predicted molar refractivity (Wildman–Crippen MR) is 116 cm³/mol. The molecular weight excluding hydrogens is 518 g/mol. The van der Waals surface area contributed by atoms with Crippen LogP contribution in [-0.4, -0.2) is 38.7 Å². The molecule has 9 nitrogen and oxygen atoms in total. The summed E-state index contributed by atoms with van der Waals surface area (Å²) in [5, 5.41) is 8.97. The van der Waals surface area contributed by atoms with Gasteiger partial charge in [-0.2, -0.15) is 26.9 Å². The summed E-state index contributed by atoms with van der Waals surface area (Å²) in [7, 11) is -5.28. The number of amides is 1. The van der Waals surface area contributed by atoms with E-state index >= 15 is 4.39 Å². The summed E-state index contributed by atoms with van der Waals surface area (Å²) in [6.07, 6.45) is -5.35. The van der Waals surface area contributed by atoms with Crippen LogP contribution in [0.15, 0.2) is 36.4 Å². The van der Waals surface area contributed by atoms with Crippen LogP contribution in [0.25, 0.3) is 0 Å². The van der Waals surface area contributed by atoms with Crippen LogP contribution in [0.5, 0.6) is 0 Å². The lowest BCUT2D eigenvalue weighted by molar-refractivity contribution is -0.140. The van der Waals surface area contributed by atoms with Gasteiger partial charge in [0.25, 0.3) is 5.91 Å². The molecule has 1 amide bonds. The third kappa shape index (κ3) is 4.74. The van der Waals surface area contributed by atoms with Crippen LogP contribution in [-0.2, 0) is 37.9 Å². The Morgan fingerprint density at radius 2 is 1.74 bits per heavy atom. The van der Waals surface area contributed by atoms with Crippen LogP contribution in [0.4, 0.5) is 28.9 Å². The minimum absolute atomic E-state index is 0.00829. The molecule has 1 aliphatic heterocycles. The van der Waals surface area contributed by atoms with Crippen LogP contribution in [0.3, 0.4) is 0 Å². The summed E-state index contributed by atoms with van der Waals surface area (Å²) < 4.78 is 111. The van der Waals surface area contributed by atoms with Crippen LogP contribution in [0.1, 0.15) is 30.5 Å². The van der Waals surface area contributed by atoms with E-state index in [9.17, 15) is 35.1 Å². The lowest BCUT2D eigenvalue weighted by Crippen LogP contribution is -2.49. The van der Waals surface area contributed by atoms with Crippen LogP contribution in [0, 0.1) is 17.1 Å². The molecule has 3 rings (SSSR count). The van der Waals surface area contributed by atoms with Crippen molar-refractivity contribution < 1.29 is 44.1 Å². The van der Waals surface area contributed by atoms with Crippen molar-refractivity contribution in [1.82, 2.24) is 0 Å². The number of carbonyl (C=O) groups excluding carboxylic acids is 1. The van der Waals surface area contributed by atoms with Crippen molar-refractivity contribution in [2.75, 3.05) is 9.80 Å². The second-order valence-corrected chi connectivity index (χ2v) is 10.4. The lowest BCUT2D eigenvalue weighted by Gasteiger charge is -2.34. The zero-order valence-corrected chi connectivity index (χ0v) is 19.6. The molecule has 188 valence electrons. The Labute approximate surface area is 199 Å². The van der Waals surface area contributed by atoms with Gasteiger partial charge in [0, 0.05) is 5.69 Å². The standard InChI is InChI=1S/C20H17F4N3O6S2/c1-19(2)17(28)26(14-8-5-12(9-25)15(16(14)21)20(22,23)24)18(35(31,32)33)27(19)13-6-3-11(4-7-13)10-34(29)30/h3-8,18H,10H2,1-2H3,(H,29,30)(H,31,32,33). The molecule has 0 bridgehead atoms. The first-order chi connectivity index (χ1) is 16.0. The summed E-state index contributed by atoms with van der Waals surface area (Å²) in [5.41, 5.74) is -8.00. The highest BCUT2D eigenvalue weighted by Crippen LogP contribution is 2.44. The molecule has 1 aliphatic rings. The second kappa shape index (κ2) is 8.86. The SMILES string of the molecule is CC1(C)C(=O)N(c2ccc(C#N)c(C(F)(F)F)c2F)C(S(=O)(=O)O)N1c1ccc(CS(=O)O)cc1. The van der Waals surface area contributed by atoms with E-state index in [2.05, 4.69) is 0 Å². The Morgan fingerprint density at radius 3 is 2.20 bits per heavy atom. The molecule has 2 unspecified atom stereocenters. The van der Waals surface area contributed by atoms with Crippen molar-refractivity contribution in [3.8, 4) is 6.07 Å². The summed E-state index contributed by atoms with van der Waals surface area (Å²) in [4.78, 5) is 14.3. The van der Waals surface area contributed by atoms with Crippen molar-refractivity contribution in [2.45, 2.75) is 36.8 Å². The van der Waals surface area contributed by atoms with Crippen LogP contribution < -0.4 is 9.80 Å². The Balaban J connectivity index is 2.26. The van der Waals surface area contributed by atoms with E-state index in [1.165, 1.54) is 44.2 Å². The zero-order valence-electron chi connectivity index (χ0n) is 17.9. The van der Waals surface area contributed by atoms with Crippen molar-refractivity contribution in [3.05, 3.63) is 58.9 Å². The van der Waals surface area contributed by atoms with Gasteiger partial charge in [0.05, 0.1) is 23.1 Å². The minimum atomic E-state index is -5.35. The zero-order chi connectivity index (χ0) is 26.5. The van der Waals surface area contributed by atoms with Gasteiger partial charge in [0.15, 0.2) is 16.9 Å². The number of nitrogens with zero attached hydrogens (tertiary/aromatic N) is 3. The van der Waals surface area contributed by atoms with Gasteiger partial charge >= 0.3 is 16.3 Å². The average Bonchev–Trinajstić information content (AvgIpc) is 2.93. The molecule has 1 heterocycles. The fourth-order valence-electron chi connectivity index (χ4n) is 3.85. The predicted octanol–water partition coefficient (Wildman–Crippen LogP) is 3.24. The highest BCUT2D eigenvalue weighted by atomic mass is 32.2. The van der Waals surface area contributed by atoms with Gasteiger partial charge in [0.2, 0.25) is 5.50 Å². The third-order valence-corrected chi connectivity index (χ3v) is 6.88. The number of hydrogen-bond acceptors (Lipinski definition) is 6. The molecule has 15 heteroatoms. The number of halogens is 4. The average molecular weight is 535 g/mol. The molecule has 0 aromatic heterocycles. The Bertz CT molecular complexity index is 1350. The van der Waals surface area contributed by atoms with Crippen LogP contribution in [0.2, 0.25) is 0 Å². The van der Waals surface area contributed by atoms with Crippen molar-refractivity contribution in [2.24, 2.45) is 0 Å². The monoisotopic (exact) mass is 535 g/mol. The molecule has 2 aromatic rings. The molecule has 2 aromatic carbocycles. The molecule has 1 saturated heterocycles. The van der Waals surface area contributed by atoms with E-state index in [4.69, 9.17) is 9.81 Å². The topological polar surface area (TPSA) is 139 Å². The first-order valence-corrected chi connectivity index (χ1v) is 12.3. The Kier molecular flexibility index (Phi) is 6.72. The first-order valence-electron chi connectivity index (χ1n) is 9.57. The number of alkyl halides is 3. The number of hydrogen-bond donors (Lipinski definition) is 2. The number of anilines is 2. The van der Waals surface area contributed by atoms with Gasteiger partial charge < -0.3 is 9.45 Å². The van der Waals surface area contributed by atoms with E-state index in [-0.39, 0.29) is 16.3 Å². The molecular formula is C20H17F4N3O6S2. The lowest BCUT2D eigenvalue weighted by atomic mass is 10.0. The summed E-state index contributed by atoms with van der Waals surface area (Å²) >= 11 is -2.18. The minimum Gasteiger partial charge on any atom is -0.322 e. The molecule has 0 aliphatic carbocycles. The number of rotatable bonds is 5. The fraction of sp³-hybridized carbons (Fsp3) is 0.300. The number of nitriles is 1. The Morgan fingerprint density at radius 1 is 1.17 bits per heavy atom. The molecule has 2 atom stereocenters. The molecule has 0 spiro atoms. The normalized spacial score (nSPS) is 19.1. The van der Waals surface area contributed by atoms with E-state index in [0.717, 1.165) is 4.90 Å². The number of carbonyl (C=O) groups is 1. The smallest absolute Gasteiger partial charge is 0.322 e. The van der Waals surface area contributed by atoms with Gasteiger partial charge in [0.1, 0.15) is 11.1 Å². The van der Waals surface area contributed by atoms with Gasteiger partial charge in [-0.25, -0.2) is 8.60 Å². The summed E-state index contributed by atoms with van der Waals surface area (Å²) in [6, 6.07) is 7.68. The molecule has 35 heavy (non-hydrogen) atoms. The molecule has 0 radical (unpaired) electrons. The van der Waals surface area contributed by atoms with Gasteiger partial charge in [-0.1, -0.05) is 12.1 Å². The van der Waals surface area contributed by atoms with E-state index < -0.39 is 67.0 Å². The van der Waals surface area contributed by atoms with E-state index in [1.807, 2.05) is 0 Å². The fourth-order valence-corrected chi connectivity index (χ4v) is 5.46. The van der Waals surface area contributed by atoms with Gasteiger partial charge in [-0.15, -0.1) is 0 Å². The third-order valence-electron chi connectivity index (χ3n) is 5.34. The maximum absolute atomic E-state index is 15.1. The van der Waals surface area contributed by atoms with Crippen molar-refractivity contribution in [3.63, 3.8) is 0 Å². The number of benzene rings is 2. The summed E-state index contributed by atoms with van der Waals surface area (Å²) in [6.45, 7) is 2.44. The molecule has 2 N–H and O–H groups in total. The highest BCUT2D eigenvalue weighted by Gasteiger charge is 2.58. The van der Waals surface area contributed by atoms with Gasteiger partial charge in [-0.3, -0.25) is 14.2 Å². The maximum Gasteiger partial charge on any atom is 0.420 e. The van der Waals surface area contributed by atoms with Gasteiger partial charge in [-0.05, 0) is 43.7 Å². The summed E-state index contributed by atoms with van der Waals surface area (Å²) in [5.74, 6) is -3.47. The van der Waals surface area contributed by atoms with E-state index in [0.29, 0.717) is 17.7 Å². The van der Waals surface area contributed by atoms with Crippen molar-refractivity contribution in [1.29, 1.82) is 5.26 Å².